The van der Waals surface area contributed by atoms with Gasteiger partial charge in [0.1, 0.15) is 17.2 Å². The third-order valence-electron chi connectivity index (χ3n) is 5.35. The third-order valence-corrected chi connectivity index (χ3v) is 5.35. The molecule has 0 N–H and O–H groups in total. The summed E-state index contributed by atoms with van der Waals surface area (Å²) in [5.41, 5.74) is 2.54. The number of methoxy groups -OCH3 is 1. The maximum Gasteiger partial charge on any atom is 0.272 e. The fourth-order valence-electron chi connectivity index (χ4n) is 3.80. The number of nitrogens with zero attached hydrogens (tertiary/aromatic N) is 3. The van der Waals surface area contributed by atoms with Crippen LogP contribution in [-0.4, -0.2) is 41.0 Å². The van der Waals surface area contributed by atoms with Crippen molar-refractivity contribution in [2.45, 2.75) is 32.1 Å². The first-order chi connectivity index (χ1) is 14.1. The number of rotatable bonds is 5. The van der Waals surface area contributed by atoms with Crippen molar-refractivity contribution < 1.29 is 13.9 Å². The Balaban J connectivity index is 1.45. The van der Waals surface area contributed by atoms with Crippen LogP contribution in [0.25, 0.3) is 0 Å². The Hall–Kier alpha value is -3.15. The van der Waals surface area contributed by atoms with E-state index in [-0.39, 0.29) is 11.8 Å². The number of hydrogen-bond acceptors (Lipinski definition) is 5. The average molecular weight is 391 g/mol. The summed E-state index contributed by atoms with van der Waals surface area (Å²) in [6.45, 7) is 3.26. The molecule has 1 amide bonds. The first kappa shape index (κ1) is 19.2. The number of carbonyl (C=O) groups is 1. The van der Waals surface area contributed by atoms with Crippen LogP contribution in [0.15, 0.2) is 53.2 Å². The van der Waals surface area contributed by atoms with Gasteiger partial charge in [-0.15, -0.1) is 0 Å². The average Bonchev–Trinajstić information content (AvgIpc) is 3.22. The summed E-state index contributed by atoms with van der Waals surface area (Å²) < 4.78 is 11.3. The summed E-state index contributed by atoms with van der Waals surface area (Å²) in [5, 5.41) is 0. The highest BCUT2D eigenvalue weighted by molar-refractivity contribution is 5.93. The first-order valence-electron chi connectivity index (χ1n) is 9.92. The fourth-order valence-corrected chi connectivity index (χ4v) is 3.80. The lowest BCUT2D eigenvalue weighted by molar-refractivity contribution is 0.0691. The molecule has 1 atom stereocenters. The van der Waals surface area contributed by atoms with Crippen LogP contribution in [0.5, 0.6) is 5.75 Å². The monoisotopic (exact) mass is 391 g/mol. The number of aromatic nitrogens is 2. The van der Waals surface area contributed by atoms with E-state index < -0.39 is 0 Å². The summed E-state index contributed by atoms with van der Waals surface area (Å²) in [6, 6.07) is 11.7. The fraction of sp³-hybridized carbons (Fsp3) is 0.348. The van der Waals surface area contributed by atoms with E-state index in [1.165, 1.54) is 0 Å². The molecule has 1 aromatic carbocycles. The summed E-state index contributed by atoms with van der Waals surface area (Å²) in [7, 11) is 1.66. The second kappa shape index (κ2) is 8.47. The SMILES string of the molecule is COc1cccc(Cc2cnc([C@H]3CCCN(C(=O)c4ncccc4C)C3)o2)c1. The van der Waals surface area contributed by atoms with E-state index in [9.17, 15) is 4.79 Å². The Morgan fingerprint density at radius 3 is 3.00 bits per heavy atom. The van der Waals surface area contributed by atoms with Gasteiger partial charge in [0.2, 0.25) is 0 Å². The quantitative estimate of drug-likeness (QED) is 0.658. The molecule has 4 rings (SSSR count). The van der Waals surface area contributed by atoms with E-state index >= 15 is 0 Å². The second-order valence-electron chi connectivity index (χ2n) is 7.45. The van der Waals surface area contributed by atoms with E-state index in [0.29, 0.717) is 24.6 Å². The Kier molecular flexibility index (Phi) is 5.60. The largest absolute Gasteiger partial charge is 0.497 e. The van der Waals surface area contributed by atoms with E-state index in [2.05, 4.69) is 9.97 Å². The lowest BCUT2D eigenvalue weighted by Crippen LogP contribution is -2.39. The topological polar surface area (TPSA) is 68.5 Å². The molecule has 3 aromatic rings. The molecule has 3 heterocycles. The second-order valence-corrected chi connectivity index (χ2v) is 7.45. The van der Waals surface area contributed by atoms with Gasteiger partial charge in [-0.05, 0) is 49.1 Å². The Morgan fingerprint density at radius 2 is 2.17 bits per heavy atom. The van der Waals surface area contributed by atoms with Gasteiger partial charge in [-0.3, -0.25) is 9.78 Å². The van der Waals surface area contributed by atoms with E-state index in [1.54, 1.807) is 19.5 Å². The predicted molar refractivity (Wildman–Crippen MR) is 109 cm³/mol. The maximum atomic E-state index is 12.9. The number of benzene rings is 1. The molecule has 1 saturated heterocycles. The molecule has 29 heavy (non-hydrogen) atoms. The van der Waals surface area contributed by atoms with Crippen LogP contribution < -0.4 is 4.74 Å². The van der Waals surface area contributed by atoms with Crippen molar-refractivity contribution >= 4 is 5.91 Å². The number of aryl methyl sites for hydroxylation is 1. The van der Waals surface area contributed by atoms with E-state index in [0.717, 1.165) is 42.0 Å². The van der Waals surface area contributed by atoms with Gasteiger partial charge in [0.05, 0.1) is 19.2 Å². The smallest absolute Gasteiger partial charge is 0.272 e. The highest BCUT2D eigenvalue weighted by Crippen LogP contribution is 2.28. The number of hydrogen-bond donors (Lipinski definition) is 0. The zero-order valence-electron chi connectivity index (χ0n) is 16.8. The van der Waals surface area contributed by atoms with Crippen molar-refractivity contribution in [3.63, 3.8) is 0 Å². The summed E-state index contributed by atoms with van der Waals surface area (Å²) >= 11 is 0. The predicted octanol–water partition coefficient (Wildman–Crippen LogP) is 4.00. The van der Waals surface area contributed by atoms with Crippen molar-refractivity contribution in [3.05, 3.63) is 77.3 Å². The molecule has 0 radical (unpaired) electrons. The van der Waals surface area contributed by atoms with Crippen LogP contribution >= 0.6 is 0 Å². The Labute approximate surface area is 170 Å². The molecule has 1 aliphatic heterocycles. The van der Waals surface area contributed by atoms with Gasteiger partial charge < -0.3 is 14.1 Å². The highest BCUT2D eigenvalue weighted by atomic mass is 16.5. The Morgan fingerprint density at radius 1 is 1.28 bits per heavy atom. The standard InChI is InChI=1S/C23H25N3O3/c1-16-6-4-10-24-21(16)23(27)26-11-5-8-18(15-26)22-25-14-20(29-22)13-17-7-3-9-19(12-17)28-2/h3-4,6-7,9-10,12,14,18H,5,8,11,13,15H2,1-2H3/t18-/m0/s1. The zero-order valence-corrected chi connectivity index (χ0v) is 16.8. The molecule has 1 fully saturated rings. The maximum absolute atomic E-state index is 12.9. The molecule has 0 spiro atoms. The molecule has 1 aliphatic rings. The summed E-state index contributed by atoms with van der Waals surface area (Å²) in [6.07, 6.45) is 6.01. The minimum atomic E-state index is -0.0176. The van der Waals surface area contributed by atoms with Crippen molar-refractivity contribution in [1.29, 1.82) is 0 Å². The van der Waals surface area contributed by atoms with E-state index in [1.807, 2.05) is 48.2 Å². The number of amides is 1. The van der Waals surface area contributed by atoms with Crippen molar-refractivity contribution in [2.75, 3.05) is 20.2 Å². The van der Waals surface area contributed by atoms with Gasteiger partial charge in [-0.1, -0.05) is 18.2 Å². The minimum Gasteiger partial charge on any atom is -0.497 e. The normalized spacial score (nSPS) is 16.6. The van der Waals surface area contributed by atoms with Gasteiger partial charge >= 0.3 is 0 Å². The molecular formula is C23H25N3O3. The third kappa shape index (κ3) is 4.31. The zero-order chi connectivity index (χ0) is 20.2. The van der Waals surface area contributed by atoms with E-state index in [4.69, 9.17) is 9.15 Å². The molecule has 0 saturated carbocycles. The summed E-state index contributed by atoms with van der Waals surface area (Å²) in [4.78, 5) is 23.6. The molecule has 0 aliphatic carbocycles. The van der Waals surface area contributed by atoms with Crippen molar-refractivity contribution in [2.24, 2.45) is 0 Å². The minimum absolute atomic E-state index is 0.0176. The number of oxazole rings is 1. The van der Waals surface area contributed by atoms with Crippen LogP contribution in [0.2, 0.25) is 0 Å². The first-order valence-corrected chi connectivity index (χ1v) is 9.92. The van der Waals surface area contributed by atoms with Crippen molar-refractivity contribution in [1.82, 2.24) is 14.9 Å². The molecule has 6 nitrogen and oxygen atoms in total. The van der Waals surface area contributed by atoms with Gasteiger partial charge in [0.15, 0.2) is 5.89 Å². The molecule has 0 unspecified atom stereocenters. The Bertz CT molecular complexity index is 998. The lowest BCUT2D eigenvalue weighted by Gasteiger charge is -2.31. The lowest BCUT2D eigenvalue weighted by atomic mass is 9.97. The molecule has 0 bridgehead atoms. The van der Waals surface area contributed by atoms with Crippen LogP contribution in [-0.2, 0) is 6.42 Å². The number of piperidine rings is 1. The summed E-state index contributed by atoms with van der Waals surface area (Å²) in [5.74, 6) is 2.44. The molecule has 6 heteroatoms. The van der Waals surface area contributed by atoms with Gasteiger partial charge in [0.25, 0.3) is 5.91 Å². The molecule has 150 valence electrons. The van der Waals surface area contributed by atoms with Gasteiger partial charge in [0, 0.05) is 25.7 Å². The van der Waals surface area contributed by atoms with Gasteiger partial charge in [-0.2, -0.15) is 0 Å². The molecule has 2 aromatic heterocycles. The number of likely N-dealkylation sites (tertiary alicyclic amines) is 1. The highest BCUT2D eigenvalue weighted by Gasteiger charge is 2.29. The van der Waals surface area contributed by atoms with Gasteiger partial charge in [-0.25, -0.2) is 4.98 Å². The molecular weight excluding hydrogens is 366 g/mol. The van der Waals surface area contributed by atoms with Crippen LogP contribution in [0.1, 0.15) is 52.0 Å². The van der Waals surface area contributed by atoms with Crippen LogP contribution in [0.3, 0.4) is 0 Å². The van der Waals surface area contributed by atoms with Crippen LogP contribution in [0.4, 0.5) is 0 Å². The van der Waals surface area contributed by atoms with Crippen LogP contribution in [0, 0.1) is 6.92 Å². The number of ether oxygens (including phenoxy) is 1. The van der Waals surface area contributed by atoms with Crippen molar-refractivity contribution in [3.8, 4) is 5.75 Å². The number of pyridine rings is 1. The number of carbonyl (C=O) groups excluding carboxylic acids is 1.